The molecule has 4 aromatic carbocycles. The molecular weight excluding hydrogens is 596 g/mol. The lowest BCUT2D eigenvalue weighted by Gasteiger charge is -2.23. The van der Waals surface area contributed by atoms with Crippen LogP contribution in [0.4, 0.5) is 4.39 Å². The van der Waals surface area contributed by atoms with Gasteiger partial charge in [-0.15, -0.1) is 0 Å². The van der Waals surface area contributed by atoms with Gasteiger partial charge in [0.05, 0.1) is 29.2 Å². The quantitative estimate of drug-likeness (QED) is 0.136. The zero-order valence-electron chi connectivity index (χ0n) is 23.4. The van der Waals surface area contributed by atoms with Crippen molar-refractivity contribution in [3.05, 3.63) is 142 Å². The summed E-state index contributed by atoms with van der Waals surface area (Å²) in [5.41, 5.74) is 3.88. The van der Waals surface area contributed by atoms with Crippen LogP contribution in [-0.2, 0) is 16.1 Å². The summed E-state index contributed by atoms with van der Waals surface area (Å²) in [6, 6.07) is 29.5. The molecule has 0 bridgehead atoms. The van der Waals surface area contributed by atoms with Crippen molar-refractivity contribution in [1.82, 2.24) is 10.2 Å². The van der Waals surface area contributed by atoms with E-state index < -0.39 is 11.9 Å². The Morgan fingerprint density at radius 2 is 1.61 bits per heavy atom. The first-order valence-electron chi connectivity index (χ1n) is 14.1. The summed E-state index contributed by atoms with van der Waals surface area (Å²) in [7, 11) is 0. The number of thiocarbonyl (C=S) groups is 1. The van der Waals surface area contributed by atoms with Gasteiger partial charge in [0, 0.05) is 17.7 Å². The van der Waals surface area contributed by atoms with Crippen LogP contribution in [0.15, 0.2) is 114 Å². The number of nitrogens with one attached hydrogen (secondary N) is 1. The van der Waals surface area contributed by atoms with E-state index in [9.17, 15) is 18.8 Å². The van der Waals surface area contributed by atoms with E-state index in [1.807, 2.05) is 36.4 Å². The third-order valence-corrected chi connectivity index (χ3v) is 8.82. The number of benzene rings is 4. The molecule has 0 spiro atoms. The molecule has 2 aliphatic rings. The molecule has 2 heterocycles. The molecular formula is C35H27FN2O4S2. The fourth-order valence-corrected chi connectivity index (χ4v) is 6.56. The molecule has 0 aliphatic carbocycles. The number of rotatable bonds is 8. The topological polar surface area (TPSA) is 75.7 Å². The second-order valence-electron chi connectivity index (χ2n) is 10.5. The van der Waals surface area contributed by atoms with Gasteiger partial charge in [-0.1, -0.05) is 96.8 Å². The van der Waals surface area contributed by atoms with Crippen molar-refractivity contribution in [3.8, 4) is 11.1 Å². The number of ketones is 1. The van der Waals surface area contributed by atoms with Crippen LogP contribution in [0.3, 0.4) is 0 Å². The fraction of sp³-hybridized carbons (Fsp3) is 0.143. The number of thioether (sulfide) groups is 1. The smallest absolute Gasteiger partial charge is 0.263 e. The third kappa shape index (κ3) is 6.40. The van der Waals surface area contributed by atoms with Crippen molar-refractivity contribution < 1.29 is 23.5 Å². The summed E-state index contributed by atoms with van der Waals surface area (Å²) in [4.78, 5) is 42.1. The predicted octanol–water partition coefficient (Wildman–Crippen LogP) is 6.56. The van der Waals surface area contributed by atoms with Gasteiger partial charge in [0.2, 0.25) is 0 Å². The van der Waals surface area contributed by atoms with Gasteiger partial charge in [0.15, 0.2) is 5.78 Å². The van der Waals surface area contributed by atoms with E-state index in [2.05, 4.69) is 23.5 Å². The number of halogens is 1. The molecule has 0 aromatic heterocycles. The van der Waals surface area contributed by atoms with Gasteiger partial charge in [-0.3, -0.25) is 14.4 Å². The Labute approximate surface area is 263 Å². The van der Waals surface area contributed by atoms with E-state index in [0.29, 0.717) is 22.3 Å². The second kappa shape index (κ2) is 13.1. The molecule has 9 heteroatoms. The summed E-state index contributed by atoms with van der Waals surface area (Å²) < 4.78 is 20.3. The lowest BCUT2D eigenvalue weighted by Crippen LogP contribution is -2.36. The van der Waals surface area contributed by atoms with E-state index in [0.717, 1.165) is 28.5 Å². The summed E-state index contributed by atoms with van der Waals surface area (Å²) in [6.07, 6.45) is 1.88. The summed E-state index contributed by atoms with van der Waals surface area (Å²) in [5.74, 6) is -1.51. The highest BCUT2D eigenvalue weighted by Gasteiger charge is 2.38. The normalized spacial score (nSPS) is 18.9. The zero-order valence-corrected chi connectivity index (χ0v) is 25.1. The molecule has 6 rings (SSSR count). The number of likely N-dealkylation sites (tertiary alicyclic amines) is 1. The molecule has 2 amide bonds. The maximum Gasteiger partial charge on any atom is 0.263 e. The Balaban J connectivity index is 1.27. The Bertz CT molecular complexity index is 1780. The molecule has 220 valence electrons. The molecule has 4 aromatic rings. The van der Waals surface area contributed by atoms with E-state index in [-0.39, 0.29) is 46.9 Å². The third-order valence-electron chi connectivity index (χ3n) is 7.64. The fourth-order valence-electron chi connectivity index (χ4n) is 5.48. The van der Waals surface area contributed by atoms with E-state index in [1.165, 1.54) is 24.3 Å². The first-order valence-corrected chi connectivity index (χ1v) is 15.3. The molecule has 0 unspecified atom stereocenters. The number of carbonyl (C=O) groups excluding carboxylic acids is 3. The first-order chi connectivity index (χ1) is 21.4. The van der Waals surface area contributed by atoms with Crippen LogP contribution in [0, 0.1) is 5.82 Å². The number of carbonyl (C=O) groups is 3. The predicted molar refractivity (Wildman–Crippen MR) is 173 cm³/mol. The van der Waals surface area contributed by atoms with Crippen LogP contribution in [0.25, 0.3) is 11.1 Å². The van der Waals surface area contributed by atoms with Gasteiger partial charge in [0.1, 0.15) is 10.1 Å². The number of amides is 2. The van der Waals surface area contributed by atoms with Gasteiger partial charge in [-0.05, 0) is 59.5 Å². The molecule has 2 aliphatic heterocycles. The largest absolute Gasteiger partial charge is 0.372 e. The summed E-state index contributed by atoms with van der Waals surface area (Å²) >= 11 is 6.32. The van der Waals surface area contributed by atoms with Crippen LogP contribution in [0.1, 0.15) is 38.3 Å². The van der Waals surface area contributed by atoms with Crippen LogP contribution in [-0.4, -0.2) is 45.5 Å². The van der Waals surface area contributed by atoms with Gasteiger partial charge >= 0.3 is 0 Å². The van der Waals surface area contributed by atoms with Crippen molar-refractivity contribution in [3.63, 3.8) is 0 Å². The summed E-state index contributed by atoms with van der Waals surface area (Å²) in [6.45, 7) is 0.594. The molecule has 0 saturated carbocycles. The van der Waals surface area contributed by atoms with Gasteiger partial charge in [0.25, 0.3) is 11.8 Å². The van der Waals surface area contributed by atoms with E-state index in [1.54, 1.807) is 35.2 Å². The monoisotopic (exact) mass is 622 g/mol. The lowest BCUT2D eigenvalue weighted by molar-refractivity contribution is -0.115. The maximum absolute atomic E-state index is 14.1. The molecule has 2 atom stereocenters. The van der Waals surface area contributed by atoms with Crippen molar-refractivity contribution in [2.45, 2.75) is 25.2 Å². The molecule has 1 N–H and O–H groups in total. The molecule has 2 saturated heterocycles. The van der Waals surface area contributed by atoms with Gasteiger partial charge in [-0.25, -0.2) is 4.39 Å². The van der Waals surface area contributed by atoms with Crippen molar-refractivity contribution in [2.75, 3.05) is 6.54 Å². The average Bonchev–Trinajstić information content (AvgIpc) is 3.61. The highest BCUT2D eigenvalue weighted by Crippen LogP contribution is 2.32. The number of hydrogen-bond acceptors (Lipinski definition) is 6. The molecule has 44 heavy (non-hydrogen) atoms. The second-order valence-corrected chi connectivity index (χ2v) is 12.2. The van der Waals surface area contributed by atoms with Crippen LogP contribution < -0.4 is 5.32 Å². The van der Waals surface area contributed by atoms with Crippen molar-refractivity contribution >= 4 is 45.9 Å². The molecule has 6 nitrogen and oxygen atoms in total. The zero-order chi connectivity index (χ0) is 30.6. The highest BCUT2D eigenvalue weighted by atomic mass is 32.2. The minimum atomic E-state index is -0.472. The standard InChI is InChI=1S/C35H27FN2O4S2/c36-25-16-14-23(15-17-25)32(39)29-12-6-7-13-30(29)34(41)38-20-27(18-26(38)19-31-33(40)37-35(43)44-31)42-21-24-10-4-5-11-28(24)22-8-2-1-3-9-22/h1-17,19,26-27H,18,20-21H2,(H,37,40,43)/b31-19-/t26-,27+/m0/s1. The Kier molecular flexibility index (Phi) is 8.79. The van der Waals surface area contributed by atoms with Crippen LogP contribution >= 0.6 is 24.0 Å². The number of ether oxygens (including phenoxy) is 1. The Morgan fingerprint density at radius 3 is 2.34 bits per heavy atom. The molecule has 2 fully saturated rings. The SMILES string of the molecule is O=C1NC(=S)S/C1=C\[C@@H]1C[C@@H](OCc2ccccc2-c2ccccc2)CN1C(=O)c1ccccc1C(=O)c1ccc(F)cc1. The lowest BCUT2D eigenvalue weighted by atomic mass is 9.97. The van der Waals surface area contributed by atoms with Crippen molar-refractivity contribution in [2.24, 2.45) is 0 Å². The Morgan fingerprint density at radius 1 is 0.932 bits per heavy atom. The number of hydrogen-bond donors (Lipinski definition) is 1. The first kappa shape index (κ1) is 29.6. The van der Waals surface area contributed by atoms with Gasteiger partial charge < -0.3 is 15.0 Å². The minimum Gasteiger partial charge on any atom is -0.372 e. The maximum atomic E-state index is 14.1. The van der Waals surface area contributed by atoms with Crippen LogP contribution in [0.5, 0.6) is 0 Å². The Hall–Kier alpha value is -4.44. The van der Waals surface area contributed by atoms with Crippen LogP contribution in [0.2, 0.25) is 0 Å². The van der Waals surface area contributed by atoms with Crippen molar-refractivity contribution in [1.29, 1.82) is 0 Å². The minimum absolute atomic E-state index is 0.214. The number of nitrogens with zero attached hydrogens (tertiary/aromatic N) is 1. The van der Waals surface area contributed by atoms with Gasteiger partial charge in [-0.2, -0.15) is 0 Å². The van der Waals surface area contributed by atoms with E-state index in [4.69, 9.17) is 17.0 Å². The average molecular weight is 623 g/mol. The molecule has 0 radical (unpaired) electrons. The highest BCUT2D eigenvalue weighted by molar-refractivity contribution is 8.26. The van der Waals surface area contributed by atoms with E-state index >= 15 is 0 Å². The summed E-state index contributed by atoms with van der Waals surface area (Å²) in [5, 5.41) is 2.62.